The molecule has 1 saturated heterocycles. The van der Waals surface area contributed by atoms with E-state index in [4.69, 9.17) is 13.9 Å². The maximum atomic E-state index is 13.2. The summed E-state index contributed by atoms with van der Waals surface area (Å²) < 4.78 is 16.7. The van der Waals surface area contributed by atoms with E-state index in [1.54, 1.807) is 48.5 Å². The molecule has 170 valence electrons. The van der Waals surface area contributed by atoms with Crippen LogP contribution in [0.2, 0.25) is 0 Å². The van der Waals surface area contributed by atoms with Gasteiger partial charge in [-0.1, -0.05) is 24.6 Å². The molecule has 1 aliphatic rings. The number of aliphatic hydroxyl groups is 1. The van der Waals surface area contributed by atoms with Crippen LogP contribution in [-0.2, 0) is 9.59 Å². The van der Waals surface area contributed by atoms with Gasteiger partial charge in [0.25, 0.3) is 11.7 Å². The number of nitrogens with zero attached hydrogens (tertiary/aromatic N) is 1. The van der Waals surface area contributed by atoms with Crippen LogP contribution >= 0.6 is 0 Å². The molecule has 4 rings (SSSR count). The van der Waals surface area contributed by atoms with Crippen molar-refractivity contribution in [3.05, 3.63) is 83.3 Å². The third kappa shape index (κ3) is 4.09. The molecular weight excluding hydrogens is 422 g/mol. The number of ether oxygens (including phenoxy) is 2. The molecule has 1 aromatic heterocycles. The summed E-state index contributed by atoms with van der Waals surface area (Å²) in [5.74, 6) is -0.583. The normalized spacial score (nSPS) is 17.4. The van der Waals surface area contributed by atoms with Gasteiger partial charge in [0.05, 0.1) is 31.1 Å². The number of furan rings is 1. The number of carbonyl (C=O) groups excluding carboxylic acids is 2. The van der Waals surface area contributed by atoms with Crippen LogP contribution in [0.25, 0.3) is 5.76 Å². The van der Waals surface area contributed by atoms with Crippen molar-refractivity contribution in [1.29, 1.82) is 0 Å². The quantitative estimate of drug-likeness (QED) is 0.311. The molecule has 2 aromatic carbocycles. The SMILES string of the molecule is CCCOc1cccc(N2C(=O)C(=O)/C(=C(\O)c3cc(C)ccc3OC)C2c2ccco2)c1. The number of hydrogen-bond donors (Lipinski definition) is 1. The predicted octanol–water partition coefficient (Wildman–Crippen LogP) is 5.01. The van der Waals surface area contributed by atoms with Gasteiger partial charge in [0.2, 0.25) is 0 Å². The standard InChI is InChI=1S/C26H25NO6/c1-4-12-32-18-8-5-7-17(15-18)27-23(21-9-6-13-33-21)22(25(29)26(27)30)24(28)19-14-16(2)10-11-20(19)31-3/h5-11,13-15,23,28H,4,12H2,1-3H3/b24-22-. The van der Waals surface area contributed by atoms with Crippen molar-refractivity contribution in [2.45, 2.75) is 26.3 Å². The van der Waals surface area contributed by atoms with Crippen LogP contribution in [0.5, 0.6) is 11.5 Å². The number of anilines is 1. The number of carbonyl (C=O) groups is 2. The fourth-order valence-corrected chi connectivity index (χ4v) is 3.91. The molecule has 2 heterocycles. The molecule has 1 fully saturated rings. The Morgan fingerprint density at radius 2 is 1.94 bits per heavy atom. The molecule has 1 atom stereocenters. The summed E-state index contributed by atoms with van der Waals surface area (Å²) in [5.41, 5.74) is 1.58. The molecular formula is C26H25NO6. The van der Waals surface area contributed by atoms with E-state index in [9.17, 15) is 14.7 Å². The third-order valence-corrected chi connectivity index (χ3v) is 5.44. The summed E-state index contributed by atoms with van der Waals surface area (Å²) in [7, 11) is 1.48. The van der Waals surface area contributed by atoms with Crippen molar-refractivity contribution >= 4 is 23.1 Å². The molecule has 1 aliphatic heterocycles. The van der Waals surface area contributed by atoms with Gasteiger partial charge < -0.3 is 19.0 Å². The molecule has 0 saturated carbocycles. The summed E-state index contributed by atoms with van der Waals surface area (Å²) in [6.07, 6.45) is 2.29. The van der Waals surface area contributed by atoms with Crippen LogP contribution in [0.4, 0.5) is 5.69 Å². The maximum absolute atomic E-state index is 13.2. The zero-order valence-electron chi connectivity index (χ0n) is 18.7. The zero-order chi connectivity index (χ0) is 23.5. The van der Waals surface area contributed by atoms with Gasteiger partial charge in [-0.05, 0) is 49.7 Å². The average molecular weight is 447 g/mol. The summed E-state index contributed by atoms with van der Waals surface area (Å²) in [5, 5.41) is 11.3. The highest BCUT2D eigenvalue weighted by atomic mass is 16.5. The smallest absolute Gasteiger partial charge is 0.300 e. The predicted molar refractivity (Wildman–Crippen MR) is 123 cm³/mol. The lowest BCUT2D eigenvalue weighted by atomic mass is 9.97. The summed E-state index contributed by atoms with van der Waals surface area (Å²) in [6, 6.07) is 14.6. The molecule has 7 nitrogen and oxygen atoms in total. The number of aliphatic hydroxyl groups excluding tert-OH is 1. The first-order valence-electron chi connectivity index (χ1n) is 10.7. The molecule has 0 spiro atoms. The second-order valence-corrected chi connectivity index (χ2v) is 7.73. The lowest BCUT2D eigenvalue weighted by Crippen LogP contribution is -2.29. The van der Waals surface area contributed by atoms with Gasteiger partial charge >= 0.3 is 0 Å². The lowest BCUT2D eigenvalue weighted by molar-refractivity contribution is -0.132. The van der Waals surface area contributed by atoms with Gasteiger partial charge in [0.1, 0.15) is 29.1 Å². The van der Waals surface area contributed by atoms with Crippen molar-refractivity contribution in [1.82, 2.24) is 0 Å². The van der Waals surface area contributed by atoms with Crippen LogP contribution in [0, 0.1) is 6.92 Å². The van der Waals surface area contributed by atoms with E-state index in [-0.39, 0.29) is 11.3 Å². The Balaban J connectivity index is 1.89. The Kier molecular flexibility index (Phi) is 6.22. The summed E-state index contributed by atoms with van der Waals surface area (Å²) in [6.45, 7) is 4.39. The molecule has 1 amide bonds. The third-order valence-electron chi connectivity index (χ3n) is 5.44. The molecule has 1 N–H and O–H groups in total. The molecule has 0 bridgehead atoms. The molecule has 3 aromatic rings. The molecule has 0 aliphatic carbocycles. The van der Waals surface area contributed by atoms with Gasteiger partial charge in [0.15, 0.2) is 0 Å². The zero-order valence-corrected chi connectivity index (χ0v) is 18.7. The van der Waals surface area contributed by atoms with E-state index in [1.165, 1.54) is 18.3 Å². The van der Waals surface area contributed by atoms with Crippen molar-refractivity contribution in [2.24, 2.45) is 0 Å². The Hall–Kier alpha value is -4.00. The largest absolute Gasteiger partial charge is 0.507 e. The van der Waals surface area contributed by atoms with Crippen molar-refractivity contribution in [3.63, 3.8) is 0 Å². The second-order valence-electron chi connectivity index (χ2n) is 7.73. The first-order chi connectivity index (χ1) is 16.0. The molecule has 0 radical (unpaired) electrons. The van der Waals surface area contributed by atoms with Crippen molar-refractivity contribution in [2.75, 3.05) is 18.6 Å². The van der Waals surface area contributed by atoms with E-state index >= 15 is 0 Å². The Bertz CT molecular complexity index is 1210. The molecule has 7 heteroatoms. The summed E-state index contributed by atoms with van der Waals surface area (Å²) in [4.78, 5) is 27.8. The van der Waals surface area contributed by atoms with E-state index in [2.05, 4.69) is 0 Å². The number of aryl methyl sites for hydroxylation is 1. The summed E-state index contributed by atoms with van der Waals surface area (Å²) >= 11 is 0. The van der Waals surface area contributed by atoms with E-state index in [1.807, 2.05) is 19.9 Å². The minimum atomic E-state index is -0.952. The number of amides is 1. The highest BCUT2D eigenvalue weighted by Gasteiger charge is 2.48. The number of benzene rings is 2. The van der Waals surface area contributed by atoms with E-state index in [0.29, 0.717) is 35.1 Å². The topological polar surface area (TPSA) is 89.2 Å². The van der Waals surface area contributed by atoms with Crippen LogP contribution in [0.15, 0.2) is 70.9 Å². The number of rotatable bonds is 7. The second kappa shape index (κ2) is 9.24. The van der Waals surface area contributed by atoms with Crippen LogP contribution < -0.4 is 14.4 Å². The molecule has 1 unspecified atom stereocenters. The van der Waals surface area contributed by atoms with Gasteiger partial charge in [-0.3, -0.25) is 14.5 Å². The monoisotopic (exact) mass is 447 g/mol. The Labute approximate surface area is 191 Å². The number of methoxy groups -OCH3 is 1. The number of ketones is 1. The van der Waals surface area contributed by atoms with E-state index < -0.39 is 17.7 Å². The van der Waals surface area contributed by atoms with Crippen LogP contribution in [0.1, 0.15) is 36.3 Å². The highest BCUT2D eigenvalue weighted by molar-refractivity contribution is 6.51. The first kappa shape index (κ1) is 22.2. The van der Waals surface area contributed by atoms with Gasteiger partial charge in [-0.25, -0.2) is 0 Å². The Morgan fingerprint density at radius 3 is 2.64 bits per heavy atom. The lowest BCUT2D eigenvalue weighted by Gasteiger charge is -2.24. The van der Waals surface area contributed by atoms with Gasteiger partial charge in [-0.2, -0.15) is 0 Å². The van der Waals surface area contributed by atoms with Crippen molar-refractivity contribution < 1.29 is 28.6 Å². The first-order valence-corrected chi connectivity index (χ1v) is 10.7. The maximum Gasteiger partial charge on any atom is 0.300 e. The van der Waals surface area contributed by atoms with E-state index in [0.717, 1.165) is 12.0 Å². The fraction of sp³-hybridized carbons (Fsp3) is 0.231. The average Bonchev–Trinajstić information content (AvgIpc) is 3.44. The minimum Gasteiger partial charge on any atom is -0.507 e. The van der Waals surface area contributed by atoms with Gasteiger partial charge in [-0.15, -0.1) is 0 Å². The molecule has 33 heavy (non-hydrogen) atoms. The fourth-order valence-electron chi connectivity index (χ4n) is 3.91. The Morgan fingerprint density at radius 1 is 1.12 bits per heavy atom. The van der Waals surface area contributed by atoms with Crippen molar-refractivity contribution in [3.8, 4) is 11.5 Å². The number of Topliss-reactive ketones (excluding diaryl/α,β-unsaturated/α-hetero) is 1. The van der Waals surface area contributed by atoms with Crippen LogP contribution in [0.3, 0.4) is 0 Å². The highest BCUT2D eigenvalue weighted by Crippen LogP contribution is 2.44. The number of hydrogen-bond acceptors (Lipinski definition) is 6. The van der Waals surface area contributed by atoms with Crippen LogP contribution in [-0.4, -0.2) is 30.5 Å². The van der Waals surface area contributed by atoms with Gasteiger partial charge in [0, 0.05) is 11.8 Å². The minimum absolute atomic E-state index is 0.0706.